The Morgan fingerprint density at radius 1 is 1.04 bits per heavy atom. The van der Waals surface area contributed by atoms with E-state index in [1.807, 2.05) is 42.5 Å². The first-order valence-electron chi connectivity index (χ1n) is 9.16. The number of ether oxygens (including phenoxy) is 1. The molecule has 2 aliphatic heterocycles. The van der Waals surface area contributed by atoms with Crippen LogP contribution in [0.4, 0.5) is 0 Å². The highest BCUT2D eigenvalue weighted by Crippen LogP contribution is 2.35. The van der Waals surface area contributed by atoms with Gasteiger partial charge in [-0.05, 0) is 36.1 Å². The number of pyridine rings is 1. The third-order valence-electron chi connectivity index (χ3n) is 4.66. The molecule has 0 spiro atoms. The summed E-state index contributed by atoms with van der Waals surface area (Å²) in [6, 6.07) is 13.7. The monoisotopic (exact) mass is 359 g/mol. The standard InChI is InChI=1S/C22H21N3O2/c26-22(24-15-16-8-11-23-12-9-16)21-19-7-3-1-2-6-18(19)20(25-21)17-5-4-13-27-14-10-17/h1-3,5-9,11-12H,4,10,13-15H2,(H,24,26). The number of rotatable bonds is 4. The molecule has 0 atom stereocenters. The maximum Gasteiger partial charge on any atom is 0.270 e. The van der Waals surface area contributed by atoms with E-state index in [2.05, 4.69) is 16.4 Å². The minimum Gasteiger partial charge on any atom is -0.381 e. The molecule has 3 heterocycles. The van der Waals surface area contributed by atoms with E-state index >= 15 is 0 Å². The van der Waals surface area contributed by atoms with E-state index in [4.69, 9.17) is 9.72 Å². The van der Waals surface area contributed by atoms with Crippen molar-refractivity contribution in [1.82, 2.24) is 15.3 Å². The van der Waals surface area contributed by atoms with Gasteiger partial charge >= 0.3 is 0 Å². The van der Waals surface area contributed by atoms with Crippen molar-refractivity contribution in [3.8, 4) is 11.1 Å². The Hall–Kier alpha value is -3.05. The van der Waals surface area contributed by atoms with Crippen LogP contribution in [0.3, 0.4) is 0 Å². The summed E-state index contributed by atoms with van der Waals surface area (Å²) in [6.07, 6.45) is 7.29. The number of fused-ring (bicyclic) bond motifs is 1. The van der Waals surface area contributed by atoms with Crippen molar-refractivity contribution in [1.29, 1.82) is 0 Å². The SMILES string of the molecule is O=C(NCc1ccncc1)c1nc(C2=CCCOCC2)c2cccccc1-2. The summed E-state index contributed by atoms with van der Waals surface area (Å²) in [6.45, 7) is 1.86. The average Bonchev–Trinajstić information content (AvgIpc) is 2.92. The molecule has 1 aliphatic carbocycles. The van der Waals surface area contributed by atoms with Gasteiger partial charge in [-0.25, -0.2) is 4.98 Å². The average molecular weight is 359 g/mol. The Labute approximate surface area is 158 Å². The lowest BCUT2D eigenvalue weighted by atomic mass is 10.0. The fourth-order valence-corrected chi connectivity index (χ4v) is 3.29. The highest BCUT2D eigenvalue weighted by atomic mass is 16.5. The van der Waals surface area contributed by atoms with Gasteiger partial charge in [-0.2, -0.15) is 0 Å². The van der Waals surface area contributed by atoms with Crippen LogP contribution in [-0.4, -0.2) is 29.1 Å². The summed E-state index contributed by atoms with van der Waals surface area (Å²) in [7, 11) is 0. The van der Waals surface area contributed by atoms with Gasteiger partial charge in [0.15, 0.2) is 0 Å². The second-order valence-corrected chi connectivity index (χ2v) is 6.47. The smallest absolute Gasteiger partial charge is 0.270 e. The van der Waals surface area contributed by atoms with E-state index in [1.165, 1.54) is 0 Å². The second kappa shape index (κ2) is 8.10. The predicted octanol–water partition coefficient (Wildman–Crippen LogP) is 3.71. The molecular formula is C22H21N3O2. The van der Waals surface area contributed by atoms with Gasteiger partial charge in [0.25, 0.3) is 5.91 Å². The van der Waals surface area contributed by atoms with E-state index in [-0.39, 0.29) is 5.91 Å². The summed E-state index contributed by atoms with van der Waals surface area (Å²) < 4.78 is 5.55. The van der Waals surface area contributed by atoms with Gasteiger partial charge in [0.2, 0.25) is 0 Å². The van der Waals surface area contributed by atoms with Crippen LogP contribution in [0.25, 0.3) is 16.7 Å². The molecule has 0 unspecified atom stereocenters. The van der Waals surface area contributed by atoms with Crippen LogP contribution in [-0.2, 0) is 11.3 Å². The fourth-order valence-electron chi connectivity index (χ4n) is 3.29. The minimum absolute atomic E-state index is 0.167. The topological polar surface area (TPSA) is 64.1 Å². The summed E-state index contributed by atoms with van der Waals surface area (Å²) in [4.78, 5) is 21.6. The molecule has 1 aromatic heterocycles. The Bertz CT molecular complexity index is 937. The molecule has 0 radical (unpaired) electrons. The van der Waals surface area contributed by atoms with Crippen LogP contribution in [0, 0.1) is 0 Å². The number of nitrogens with zero attached hydrogens (tertiary/aromatic N) is 2. The molecule has 1 aromatic rings. The normalized spacial score (nSPS) is 14.4. The highest BCUT2D eigenvalue weighted by Gasteiger charge is 2.24. The molecule has 0 fully saturated rings. The molecule has 5 nitrogen and oxygen atoms in total. The number of hydrogen-bond donors (Lipinski definition) is 1. The lowest BCUT2D eigenvalue weighted by Gasteiger charge is -2.04. The van der Waals surface area contributed by atoms with Gasteiger partial charge in [-0.1, -0.05) is 36.4 Å². The van der Waals surface area contributed by atoms with Crippen molar-refractivity contribution in [3.05, 3.63) is 77.9 Å². The van der Waals surface area contributed by atoms with Crippen molar-refractivity contribution in [2.24, 2.45) is 0 Å². The van der Waals surface area contributed by atoms with E-state index < -0.39 is 0 Å². The quantitative estimate of drug-likeness (QED) is 0.771. The first kappa shape index (κ1) is 17.4. The van der Waals surface area contributed by atoms with E-state index in [0.717, 1.165) is 47.4 Å². The number of amides is 1. The zero-order chi connectivity index (χ0) is 18.5. The molecule has 0 saturated heterocycles. The molecule has 0 bridgehead atoms. The second-order valence-electron chi connectivity index (χ2n) is 6.47. The highest BCUT2D eigenvalue weighted by molar-refractivity contribution is 6.02. The zero-order valence-electron chi connectivity index (χ0n) is 15.0. The summed E-state index contributed by atoms with van der Waals surface area (Å²) >= 11 is 0. The van der Waals surface area contributed by atoms with Crippen molar-refractivity contribution < 1.29 is 9.53 Å². The van der Waals surface area contributed by atoms with Crippen molar-refractivity contribution >= 4 is 11.5 Å². The molecule has 1 amide bonds. The van der Waals surface area contributed by atoms with Crippen molar-refractivity contribution in [2.45, 2.75) is 19.4 Å². The van der Waals surface area contributed by atoms with E-state index in [0.29, 0.717) is 18.8 Å². The molecule has 5 heteroatoms. The maximum absolute atomic E-state index is 12.9. The molecular weight excluding hydrogens is 338 g/mol. The third-order valence-corrected chi connectivity index (χ3v) is 4.66. The molecule has 136 valence electrons. The Balaban J connectivity index is 1.66. The van der Waals surface area contributed by atoms with Crippen LogP contribution in [0.5, 0.6) is 0 Å². The maximum atomic E-state index is 12.9. The Morgan fingerprint density at radius 3 is 2.70 bits per heavy atom. The Kier molecular flexibility index (Phi) is 5.21. The van der Waals surface area contributed by atoms with Gasteiger partial charge in [0.1, 0.15) is 5.69 Å². The minimum atomic E-state index is -0.167. The van der Waals surface area contributed by atoms with Crippen molar-refractivity contribution in [2.75, 3.05) is 13.2 Å². The molecule has 27 heavy (non-hydrogen) atoms. The molecule has 1 N–H and O–H groups in total. The van der Waals surface area contributed by atoms with Gasteiger partial charge in [0.05, 0.1) is 18.9 Å². The van der Waals surface area contributed by atoms with Crippen LogP contribution in [0.2, 0.25) is 0 Å². The third kappa shape index (κ3) is 3.88. The lowest BCUT2D eigenvalue weighted by molar-refractivity contribution is 0.0947. The number of carbonyl (C=O) groups excluding carboxylic acids is 1. The van der Waals surface area contributed by atoms with Gasteiger partial charge in [-0.3, -0.25) is 9.78 Å². The van der Waals surface area contributed by atoms with Crippen LogP contribution < -0.4 is 5.32 Å². The van der Waals surface area contributed by atoms with Crippen LogP contribution >= 0.6 is 0 Å². The van der Waals surface area contributed by atoms with Crippen LogP contribution in [0.1, 0.15) is 34.6 Å². The zero-order valence-corrected chi connectivity index (χ0v) is 15.0. The lowest BCUT2D eigenvalue weighted by Crippen LogP contribution is -2.23. The van der Waals surface area contributed by atoms with E-state index in [1.54, 1.807) is 12.4 Å². The molecule has 0 saturated carbocycles. The summed E-state index contributed by atoms with van der Waals surface area (Å²) in [5.41, 5.74) is 5.38. The largest absolute Gasteiger partial charge is 0.381 e. The van der Waals surface area contributed by atoms with Gasteiger partial charge in [0, 0.05) is 30.1 Å². The fraction of sp³-hybridized carbons (Fsp3) is 0.227. The van der Waals surface area contributed by atoms with E-state index in [9.17, 15) is 4.79 Å². The first-order valence-corrected chi connectivity index (χ1v) is 9.16. The van der Waals surface area contributed by atoms with Crippen molar-refractivity contribution in [3.63, 3.8) is 0 Å². The number of hydrogen-bond acceptors (Lipinski definition) is 4. The van der Waals surface area contributed by atoms with Gasteiger partial charge in [-0.15, -0.1) is 0 Å². The number of carbonyl (C=O) groups is 1. The Morgan fingerprint density at radius 2 is 1.85 bits per heavy atom. The number of aromatic nitrogens is 2. The molecule has 0 aromatic carbocycles. The molecule has 3 aliphatic rings. The molecule has 4 rings (SSSR count). The summed E-state index contributed by atoms with van der Waals surface area (Å²) in [5, 5.41) is 2.97. The van der Waals surface area contributed by atoms with Gasteiger partial charge < -0.3 is 10.1 Å². The summed E-state index contributed by atoms with van der Waals surface area (Å²) in [5.74, 6) is -0.167. The van der Waals surface area contributed by atoms with Crippen LogP contribution in [0.15, 0.2) is 60.9 Å². The predicted molar refractivity (Wildman–Crippen MR) is 104 cm³/mol. The number of nitrogens with one attached hydrogen (secondary N) is 1. The first-order chi connectivity index (χ1) is 13.3.